The van der Waals surface area contributed by atoms with E-state index in [1.54, 1.807) is 37.3 Å². The van der Waals surface area contributed by atoms with Gasteiger partial charge in [0.15, 0.2) is 5.17 Å². The molecule has 0 bridgehead atoms. The molecule has 3 rings (SSSR count). The first kappa shape index (κ1) is 20.0. The second-order valence-corrected chi connectivity index (χ2v) is 7.78. The Hall–Kier alpha value is -2.79. The van der Waals surface area contributed by atoms with E-state index in [2.05, 4.69) is 10.3 Å². The fourth-order valence-corrected chi connectivity index (χ4v) is 3.98. The van der Waals surface area contributed by atoms with Gasteiger partial charge in [-0.1, -0.05) is 42.1 Å². The third-order valence-electron chi connectivity index (χ3n) is 4.48. The normalized spacial score (nSPS) is 20.8. The predicted molar refractivity (Wildman–Crippen MR) is 102 cm³/mol. The Morgan fingerprint density at radius 3 is 2.50 bits per heavy atom. The van der Waals surface area contributed by atoms with Gasteiger partial charge in [-0.2, -0.15) is 18.4 Å². The number of nitrogens with one attached hydrogen (secondary N) is 1. The summed E-state index contributed by atoms with van der Waals surface area (Å²) in [6.07, 6.45) is -4.29. The SMILES string of the molecule is C[C@@]1(c2ccc(C#N)cc2)SC(=NCCc2ccccc2C(F)(F)F)NC1=O. The van der Waals surface area contributed by atoms with E-state index in [1.165, 1.54) is 23.9 Å². The number of carbonyl (C=O) groups is 1. The number of benzene rings is 2. The lowest BCUT2D eigenvalue weighted by molar-refractivity contribution is -0.138. The van der Waals surface area contributed by atoms with Gasteiger partial charge < -0.3 is 5.32 Å². The maximum Gasteiger partial charge on any atom is 0.416 e. The standard InChI is InChI=1S/C20H16F3N3OS/c1-19(15-8-6-13(12-24)7-9-15)17(27)26-18(28-19)25-11-10-14-4-2-3-5-16(14)20(21,22)23/h2-9H,10-11H2,1H3,(H,25,26,27)/t19-/m0/s1. The minimum absolute atomic E-state index is 0.114. The largest absolute Gasteiger partial charge is 0.416 e. The van der Waals surface area contributed by atoms with Crippen molar-refractivity contribution >= 4 is 22.8 Å². The number of rotatable bonds is 4. The molecule has 144 valence electrons. The zero-order valence-electron chi connectivity index (χ0n) is 14.9. The molecule has 0 saturated carbocycles. The third-order valence-corrected chi connectivity index (χ3v) is 5.73. The van der Waals surface area contributed by atoms with Gasteiger partial charge in [0.25, 0.3) is 0 Å². The van der Waals surface area contributed by atoms with Crippen molar-refractivity contribution in [2.24, 2.45) is 4.99 Å². The zero-order chi connectivity index (χ0) is 20.4. The second-order valence-electron chi connectivity index (χ2n) is 6.37. The van der Waals surface area contributed by atoms with Gasteiger partial charge in [0.1, 0.15) is 4.75 Å². The Labute approximate surface area is 164 Å². The molecule has 1 atom stereocenters. The molecule has 1 aliphatic heterocycles. The number of amides is 1. The maximum atomic E-state index is 13.1. The van der Waals surface area contributed by atoms with Gasteiger partial charge in [0.2, 0.25) is 5.91 Å². The predicted octanol–water partition coefficient (Wildman–Crippen LogP) is 4.25. The van der Waals surface area contributed by atoms with Crippen LogP contribution >= 0.6 is 11.8 Å². The Morgan fingerprint density at radius 2 is 1.86 bits per heavy atom. The van der Waals surface area contributed by atoms with Gasteiger partial charge in [-0.3, -0.25) is 9.79 Å². The van der Waals surface area contributed by atoms with Crippen molar-refractivity contribution in [3.8, 4) is 6.07 Å². The minimum atomic E-state index is -4.41. The number of carbonyl (C=O) groups excluding carboxylic acids is 1. The van der Waals surface area contributed by atoms with Gasteiger partial charge in [-0.15, -0.1) is 0 Å². The lowest BCUT2D eigenvalue weighted by Crippen LogP contribution is -2.31. The Bertz CT molecular complexity index is 964. The number of aliphatic imine (C=N–C) groups is 1. The Kier molecular flexibility index (Phi) is 5.47. The van der Waals surface area contributed by atoms with E-state index in [9.17, 15) is 18.0 Å². The van der Waals surface area contributed by atoms with E-state index in [4.69, 9.17) is 5.26 Å². The summed E-state index contributed by atoms with van der Waals surface area (Å²) < 4.78 is 38.3. The molecule has 2 aromatic rings. The van der Waals surface area contributed by atoms with E-state index in [0.717, 1.165) is 11.6 Å². The Balaban J connectivity index is 1.72. The number of nitriles is 1. The molecule has 8 heteroatoms. The molecule has 4 nitrogen and oxygen atoms in total. The molecular weight excluding hydrogens is 387 g/mol. The van der Waals surface area contributed by atoms with Crippen LogP contribution in [0.3, 0.4) is 0 Å². The summed E-state index contributed by atoms with van der Waals surface area (Å²) >= 11 is 1.22. The molecule has 0 aromatic heterocycles. The molecular formula is C20H16F3N3OS. The number of alkyl halides is 3. The first-order valence-corrected chi connectivity index (χ1v) is 9.26. The molecule has 1 saturated heterocycles. The summed E-state index contributed by atoms with van der Waals surface area (Å²) in [7, 11) is 0. The van der Waals surface area contributed by atoms with Crippen molar-refractivity contribution < 1.29 is 18.0 Å². The van der Waals surface area contributed by atoms with Crippen LogP contribution in [0.1, 0.15) is 29.2 Å². The van der Waals surface area contributed by atoms with E-state index in [-0.39, 0.29) is 24.4 Å². The van der Waals surface area contributed by atoms with Crippen molar-refractivity contribution in [3.05, 3.63) is 70.8 Å². The van der Waals surface area contributed by atoms with Crippen LogP contribution in [0.4, 0.5) is 13.2 Å². The Morgan fingerprint density at radius 1 is 1.18 bits per heavy atom. The first-order chi connectivity index (χ1) is 13.2. The van der Waals surface area contributed by atoms with Crippen molar-refractivity contribution in [1.29, 1.82) is 5.26 Å². The molecule has 0 spiro atoms. The van der Waals surface area contributed by atoms with Crippen LogP contribution in [0, 0.1) is 11.3 Å². The quantitative estimate of drug-likeness (QED) is 0.830. The molecule has 1 N–H and O–H groups in total. The average Bonchev–Trinajstić information content (AvgIpc) is 2.96. The summed E-state index contributed by atoms with van der Waals surface area (Å²) in [5.74, 6) is -0.253. The summed E-state index contributed by atoms with van der Waals surface area (Å²) in [5, 5.41) is 12.0. The van der Waals surface area contributed by atoms with Crippen LogP contribution in [0.2, 0.25) is 0 Å². The van der Waals surface area contributed by atoms with Gasteiger partial charge in [0, 0.05) is 6.54 Å². The van der Waals surface area contributed by atoms with E-state index >= 15 is 0 Å². The first-order valence-electron chi connectivity index (χ1n) is 8.45. The molecule has 1 aliphatic rings. The summed E-state index contributed by atoms with van der Waals surface area (Å²) in [4.78, 5) is 16.7. The molecule has 1 heterocycles. The molecule has 0 radical (unpaired) electrons. The van der Waals surface area contributed by atoms with Crippen LogP contribution in [0.15, 0.2) is 53.5 Å². The maximum absolute atomic E-state index is 13.1. The van der Waals surface area contributed by atoms with Crippen LogP contribution in [0.25, 0.3) is 0 Å². The number of hydrogen-bond acceptors (Lipinski definition) is 4. The van der Waals surface area contributed by atoms with Gasteiger partial charge in [-0.25, -0.2) is 0 Å². The molecule has 1 amide bonds. The van der Waals surface area contributed by atoms with E-state index < -0.39 is 16.5 Å². The van der Waals surface area contributed by atoms with Gasteiger partial charge in [-0.05, 0) is 42.7 Å². The lowest BCUT2D eigenvalue weighted by Gasteiger charge is -2.19. The van der Waals surface area contributed by atoms with Gasteiger partial charge in [0.05, 0.1) is 17.2 Å². The summed E-state index contributed by atoms with van der Waals surface area (Å²) in [6, 6.07) is 14.1. The fraction of sp³-hybridized carbons (Fsp3) is 0.250. The highest BCUT2D eigenvalue weighted by Crippen LogP contribution is 2.41. The van der Waals surface area contributed by atoms with E-state index in [0.29, 0.717) is 10.7 Å². The van der Waals surface area contributed by atoms with Crippen molar-refractivity contribution in [3.63, 3.8) is 0 Å². The van der Waals surface area contributed by atoms with Crippen molar-refractivity contribution in [2.45, 2.75) is 24.3 Å². The van der Waals surface area contributed by atoms with Crippen LogP contribution in [-0.2, 0) is 22.1 Å². The monoisotopic (exact) mass is 403 g/mol. The lowest BCUT2D eigenvalue weighted by atomic mass is 9.98. The fourth-order valence-electron chi connectivity index (χ4n) is 2.90. The molecule has 0 aliphatic carbocycles. The average molecular weight is 403 g/mol. The van der Waals surface area contributed by atoms with Crippen LogP contribution in [-0.4, -0.2) is 17.6 Å². The highest BCUT2D eigenvalue weighted by Gasteiger charge is 2.44. The molecule has 0 unspecified atom stereocenters. The topological polar surface area (TPSA) is 65.2 Å². The molecule has 2 aromatic carbocycles. The number of halogens is 3. The van der Waals surface area contributed by atoms with Crippen molar-refractivity contribution in [1.82, 2.24) is 5.32 Å². The third kappa shape index (κ3) is 4.04. The van der Waals surface area contributed by atoms with E-state index in [1.807, 2.05) is 6.07 Å². The molecule has 28 heavy (non-hydrogen) atoms. The molecule has 1 fully saturated rings. The summed E-state index contributed by atoms with van der Waals surface area (Å²) in [5.41, 5.74) is 0.721. The number of thioether (sulfide) groups is 1. The highest BCUT2D eigenvalue weighted by molar-refractivity contribution is 8.15. The van der Waals surface area contributed by atoms with Crippen LogP contribution in [0.5, 0.6) is 0 Å². The van der Waals surface area contributed by atoms with Crippen LogP contribution < -0.4 is 5.32 Å². The smallest absolute Gasteiger partial charge is 0.304 e. The van der Waals surface area contributed by atoms with Crippen molar-refractivity contribution in [2.75, 3.05) is 6.54 Å². The van der Waals surface area contributed by atoms with Gasteiger partial charge >= 0.3 is 6.18 Å². The minimum Gasteiger partial charge on any atom is -0.304 e. The zero-order valence-corrected chi connectivity index (χ0v) is 15.7. The number of hydrogen-bond donors (Lipinski definition) is 1. The number of amidine groups is 1. The summed E-state index contributed by atoms with van der Waals surface area (Å²) in [6.45, 7) is 1.87. The highest BCUT2D eigenvalue weighted by atomic mass is 32.2. The second kappa shape index (κ2) is 7.68. The number of nitrogens with zero attached hydrogens (tertiary/aromatic N) is 2.